The minimum absolute atomic E-state index is 0.155. The number of phenolic OH excluding ortho intramolecular Hbond substituents is 1. The summed E-state index contributed by atoms with van der Waals surface area (Å²) in [5, 5.41) is 11.0. The van der Waals surface area contributed by atoms with Gasteiger partial charge in [0.1, 0.15) is 0 Å². The van der Waals surface area contributed by atoms with Gasteiger partial charge in [-0.1, -0.05) is 0 Å². The highest BCUT2D eigenvalue weighted by Crippen LogP contribution is 2.25. The van der Waals surface area contributed by atoms with Gasteiger partial charge in [-0.05, 0) is 19.4 Å². The van der Waals surface area contributed by atoms with E-state index < -0.39 is 34.7 Å². The molecule has 1 rings (SSSR count). The molecule has 0 aliphatic carbocycles. The van der Waals surface area contributed by atoms with Crippen LogP contribution in [0.5, 0.6) is 5.75 Å². The number of hydrogen-bond acceptors (Lipinski definition) is 2. The smallest absolute Gasteiger partial charge is 0.254 e. The second-order valence-electron chi connectivity index (χ2n) is 3.71. The van der Waals surface area contributed by atoms with E-state index in [1.54, 1.807) is 6.92 Å². The lowest BCUT2D eigenvalue weighted by Gasteiger charge is -2.08. The van der Waals surface area contributed by atoms with Crippen molar-refractivity contribution in [3.05, 3.63) is 29.1 Å². The van der Waals surface area contributed by atoms with Crippen LogP contribution in [0.2, 0.25) is 0 Å². The summed E-state index contributed by atoms with van der Waals surface area (Å²) in [5.41, 5.74) is -0.756. The van der Waals surface area contributed by atoms with Crippen LogP contribution in [0, 0.1) is 17.5 Å². The Morgan fingerprint density at radius 2 is 2.06 bits per heavy atom. The van der Waals surface area contributed by atoms with Gasteiger partial charge in [-0.15, -0.1) is 11.6 Å². The van der Waals surface area contributed by atoms with Crippen LogP contribution in [0.4, 0.5) is 13.2 Å². The molecule has 1 amide bonds. The van der Waals surface area contributed by atoms with Crippen molar-refractivity contribution in [3.63, 3.8) is 0 Å². The van der Waals surface area contributed by atoms with Gasteiger partial charge in [0.2, 0.25) is 5.82 Å². The number of carbonyl (C=O) groups is 1. The molecular formula is C11H11ClF3NO2. The number of phenols is 1. The molecule has 0 saturated carbocycles. The fourth-order valence-electron chi connectivity index (χ4n) is 1.24. The Kier molecular flexibility index (Phi) is 4.84. The summed E-state index contributed by atoms with van der Waals surface area (Å²) >= 11 is 5.63. The Morgan fingerprint density at radius 1 is 1.44 bits per heavy atom. The number of alkyl halides is 1. The van der Waals surface area contributed by atoms with E-state index in [4.69, 9.17) is 16.7 Å². The number of aromatic hydroxyl groups is 1. The standard InChI is InChI=1S/C11H11ClF3NO2/c1-5(12)2-3-16-11(18)6-4-7(13)9(15)10(17)8(6)14/h4-5,17H,2-3H2,1H3,(H,16,18). The van der Waals surface area contributed by atoms with Crippen LogP contribution >= 0.6 is 11.6 Å². The maximum absolute atomic E-state index is 13.3. The van der Waals surface area contributed by atoms with Crippen LogP contribution < -0.4 is 5.32 Å². The zero-order valence-corrected chi connectivity index (χ0v) is 10.2. The molecule has 100 valence electrons. The lowest BCUT2D eigenvalue weighted by atomic mass is 10.1. The second kappa shape index (κ2) is 5.95. The molecule has 1 aromatic rings. The summed E-state index contributed by atoms with van der Waals surface area (Å²) in [4.78, 5) is 11.5. The molecule has 0 aliphatic rings. The highest BCUT2D eigenvalue weighted by Gasteiger charge is 2.22. The lowest BCUT2D eigenvalue weighted by Crippen LogP contribution is -2.27. The van der Waals surface area contributed by atoms with Gasteiger partial charge in [0, 0.05) is 11.9 Å². The van der Waals surface area contributed by atoms with Crippen molar-refractivity contribution >= 4 is 17.5 Å². The molecule has 1 atom stereocenters. The predicted molar refractivity (Wildman–Crippen MR) is 60.2 cm³/mol. The van der Waals surface area contributed by atoms with Crippen molar-refractivity contribution in [1.29, 1.82) is 0 Å². The van der Waals surface area contributed by atoms with Gasteiger partial charge in [-0.25, -0.2) is 8.78 Å². The van der Waals surface area contributed by atoms with Gasteiger partial charge in [0.15, 0.2) is 17.4 Å². The van der Waals surface area contributed by atoms with Crippen molar-refractivity contribution < 1.29 is 23.1 Å². The molecule has 0 bridgehead atoms. The van der Waals surface area contributed by atoms with Crippen molar-refractivity contribution in [2.75, 3.05) is 6.54 Å². The minimum Gasteiger partial charge on any atom is -0.503 e. The predicted octanol–water partition coefficient (Wildman–Crippen LogP) is 2.56. The maximum atomic E-state index is 13.3. The van der Waals surface area contributed by atoms with E-state index in [-0.39, 0.29) is 11.9 Å². The number of rotatable bonds is 4. The van der Waals surface area contributed by atoms with E-state index in [1.807, 2.05) is 0 Å². The first-order valence-electron chi connectivity index (χ1n) is 5.13. The SMILES string of the molecule is CC(Cl)CCNC(=O)c1cc(F)c(F)c(O)c1F. The first-order valence-corrected chi connectivity index (χ1v) is 5.57. The number of carbonyl (C=O) groups excluding carboxylic acids is 1. The first-order chi connectivity index (χ1) is 8.34. The monoisotopic (exact) mass is 281 g/mol. The Labute approximate surface area is 107 Å². The quantitative estimate of drug-likeness (QED) is 0.658. The number of halogens is 4. The van der Waals surface area contributed by atoms with E-state index in [9.17, 15) is 18.0 Å². The summed E-state index contributed by atoms with van der Waals surface area (Å²) in [5.74, 6) is -7.17. The van der Waals surface area contributed by atoms with Crippen LogP contribution in [0.15, 0.2) is 6.07 Å². The average Bonchev–Trinajstić information content (AvgIpc) is 2.30. The Morgan fingerprint density at radius 3 is 2.61 bits per heavy atom. The van der Waals surface area contributed by atoms with E-state index >= 15 is 0 Å². The minimum atomic E-state index is -1.72. The van der Waals surface area contributed by atoms with Crippen LogP contribution in [0.3, 0.4) is 0 Å². The Hall–Kier alpha value is -1.43. The molecule has 0 aromatic heterocycles. The zero-order valence-electron chi connectivity index (χ0n) is 9.44. The van der Waals surface area contributed by atoms with E-state index in [1.165, 1.54) is 0 Å². The van der Waals surface area contributed by atoms with Crippen molar-refractivity contribution in [1.82, 2.24) is 5.32 Å². The van der Waals surface area contributed by atoms with Crippen molar-refractivity contribution in [3.8, 4) is 5.75 Å². The van der Waals surface area contributed by atoms with E-state index in [0.29, 0.717) is 12.5 Å². The zero-order chi connectivity index (χ0) is 13.9. The van der Waals surface area contributed by atoms with Gasteiger partial charge < -0.3 is 10.4 Å². The molecule has 7 heteroatoms. The third kappa shape index (κ3) is 3.29. The number of hydrogen-bond donors (Lipinski definition) is 2. The largest absolute Gasteiger partial charge is 0.503 e. The first kappa shape index (κ1) is 14.6. The Balaban J connectivity index is 2.87. The van der Waals surface area contributed by atoms with Crippen molar-refractivity contribution in [2.24, 2.45) is 0 Å². The summed E-state index contributed by atoms with van der Waals surface area (Å²) in [7, 11) is 0. The lowest BCUT2D eigenvalue weighted by molar-refractivity contribution is 0.0947. The summed E-state index contributed by atoms with van der Waals surface area (Å²) in [6.45, 7) is 1.86. The highest BCUT2D eigenvalue weighted by molar-refractivity contribution is 6.20. The normalized spacial score (nSPS) is 12.3. The van der Waals surface area contributed by atoms with Gasteiger partial charge >= 0.3 is 0 Å². The molecule has 0 spiro atoms. The molecule has 1 unspecified atom stereocenters. The van der Waals surface area contributed by atoms with E-state index in [2.05, 4.69) is 5.32 Å². The van der Waals surface area contributed by atoms with Crippen LogP contribution in [0.1, 0.15) is 23.7 Å². The van der Waals surface area contributed by atoms with Crippen molar-refractivity contribution in [2.45, 2.75) is 18.7 Å². The second-order valence-corrected chi connectivity index (χ2v) is 4.45. The summed E-state index contributed by atoms with van der Waals surface area (Å²) < 4.78 is 39.0. The molecule has 0 saturated heterocycles. The third-order valence-electron chi connectivity index (χ3n) is 2.21. The average molecular weight is 282 g/mol. The van der Waals surface area contributed by atoms with Gasteiger partial charge in [0.05, 0.1) is 5.56 Å². The molecule has 0 aliphatic heterocycles. The van der Waals surface area contributed by atoms with Gasteiger partial charge in [0.25, 0.3) is 5.91 Å². The summed E-state index contributed by atoms with van der Waals surface area (Å²) in [6, 6.07) is 0.393. The molecular weight excluding hydrogens is 271 g/mol. The molecule has 2 N–H and O–H groups in total. The molecule has 1 aromatic carbocycles. The fourth-order valence-corrected chi connectivity index (χ4v) is 1.34. The van der Waals surface area contributed by atoms with Gasteiger partial charge in [-0.3, -0.25) is 4.79 Å². The molecule has 3 nitrogen and oxygen atoms in total. The van der Waals surface area contributed by atoms with Crippen LogP contribution in [-0.4, -0.2) is 22.9 Å². The molecule has 0 fully saturated rings. The number of nitrogens with one attached hydrogen (secondary N) is 1. The van der Waals surface area contributed by atoms with Gasteiger partial charge in [-0.2, -0.15) is 4.39 Å². The Bertz CT molecular complexity index is 466. The fraction of sp³-hybridized carbons (Fsp3) is 0.364. The third-order valence-corrected chi connectivity index (χ3v) is 2.42. The highest BCUT2D eigenvalue weighted by atomic mass is 35.5. The number of amides is 1. The topological polar surface area (TPSA) is 49.3 Å². The van der Waals surface area contributed by atoms with E-state index in [0.717, 1.165) is 0 Å². The molecule has 0 radical (unpaired) electrons. The molecule has 18 heavy (non-hydrogen) atoms. The molecule has 0 heterocycles. The number of benzene rings is 1. The van der Waals surface area contributed by atoms with Crippen LogP contribution in [-0.2, 0) is 0 Å². The van der Waals surface area contributed by atoms with Crippen LogP contribution in [0.25, 0.3) is 0 Å². The summed E-state index contributed by atoms with van der Waals surface area (Å²) in [6.07, 6.45) is 0.435. The maximum Gasteiger partial charge on any atom is 0.254 e.